The first kappa shape index (κ1) is 14.5. The summed E-state index contributed by atoms with van der Waals surface area (Å²) >= 11 is 6.72. The van der Waals surface area contributed by atoms with E-state index in [1.807, 2.05) is 25.1 Å². The number of hydrogen-bond donors (Lipinski definition) is 1. The molecule has 0 aromatic heterocycles. The quantitative estimate of drug-likeness (QED) is 0.787. The number of benzene rings is 2. The molecule has 0 unspecified atom stereocenters. The molecule has 0 saturated carbocycles. The second-order valence-corrected chi connectivity index (χ2v) is 5.86. The largest absolute Gasteiger partial charge is 0.456 e. The van der Waals surface area contributed by atoms with Gasteiger partial charge in [0, 0.05) is 10.5 Å². The average molecular weight is 389 g/mol. The highest BCUT2D eigenvalue weighted by atomic mass is 79.9. The van der Waals surface area contributed by atoms with Crippen molar-refractivity contribution in [2.24, 2.45) is 5.73 Å². The van der Waals surface area contributed by atoms with Gasteiger partial charge in [-0.1, -0.05) is 22.0 Å². The summed E-state index contributed by atoms with van der Waals surface area (Å²) in [5.41, 5.74) is 6.84. The van der Waals surface area contributed by atoms with Gasteiger partial charge in [-0.3, -0.25) is 0 Å². The highest BCUT2D eigenvalue weighted by Gasteiger charge is 2.08. The minimum atomic E-state index is -0.312. The molecule has 0 amide bonds. The van der Waals surface area contributed by atoms with E-state index < -0.39 is 0 Å². The van der Waals surface area contributed by atoms with Gasteiger partial charge in [0.25, 0.3) is 0 Å². The average Bonchev–Trinajstić information content (AvgIpc) is 2.32. The van der Waals surface area contributed by atoms with Gasteiger partial charge in [0.2, 0.25) is 0 Å². The molecule has 2 aromatic carbocycles. The summed E-state index contributed by atoms with van der Waals surface area (Å²) in [5.74, 6) is 0.901. The summed E-state index contributed by atoms with van der Waals surface area (Å²) < 4.78 is 20.1. The van der Waals surface area contributed by atoms with E-state index in [2.05, 4.69) is 31.9 Å². The molecule has 19 heavy (non-hydrogen) atoms. The van der Waals surface area contributed by atoms with Crippen molar-refractivity contribution >= 4 is 31.9 Å². The predicted octanol–water partition coefficient (Wildman–Crippen LogP) is 5.16. The van der Waals surface area contributed by atoms with Crippen molar-refractivity contribution in [3.8, 4) is 11.5 Å². The van der Waals surface area contributed by atoms with Gasteiger partial charge in [0.1, 0.15) is 17.3 Å². The Kier molecular flexibility index (Phi) is 4.60. The first-order chi connectivity index (χ1) is 8.97. The third kappa shape index (κ3) is 3.55. The SMILES string of the molecule is C[C@@H](N)c1ccc(Oc2ccc(F)cc2Br)cc1Br. The molecule has 2 N–H and O–H groups in total. The van der Waals surface area contributed by atoms with Gasteiger partial charge in [0.15, 0.2) is 0 Å². The van der Waals surface area contributed by atoms with Crippen LogP contribution in [-0.2, 0) is 0 Å². The number of ether oxygens (including phenoxy) is 1. The third-order valence-corrected chi connectivity index (χ3v) is 3.89. The lowest BCUT2D eigenvalue weighted by Crippen LogP contribution is -2.05. The standard InChI is InChI=1S/C14H12Br2FNO/c1-8(18)11-4-3-10(7-12(11)15)19-14-5-2-9(17)6-13(14)16/h2-8H,18H2,1H3/t8-/m1/s1. The van der Waals surface area contributed by atoms with Crippen molar-refractivity contribution in [2.45, 2.75) is 13.0 Å². The number of nitrogens with two attached hydrogens (primary N) is 1. The van der Waals surface area contributed by atoms with E-state index in [1.165, 1.54) is 12.1 Å². The van der Waals surface area contributed by atoms with Gasteiger partial charge in [-0.2, -0.15) is 0 Å². The maximum Gasteiger partial charge on any atom is 0.141 e. The Bertz CT molecular complexity index is 602. The molecule has 2 aromatic rings. The molecule has 0 heterocycles. The molecule has 0 spiro atoms. The number of rotatable bonds is 3. The van der Waals surface area contributed by atoms with Crippen LogP contribution in [0.2, 0.25) is 0 Å². The Morgan fingerprint density at radius 1 is 1.11 bits per heavy atom. The second kappa shape index (κ2) is 6.03. The minimum Gasteiger partial charge on any atom is -0.456 e. The molecular formula is C14H12Br2FNO. The highest BCUT2D eigenvalue weighted by Crippen LogP contribution is 2.33. The minimum absolute atomic E-state index is 0.0546. The molecule has 0 aliphatic heterocycles. The van der Waals surface area contributed by atoms with Gasteiger partial charge in [0.05, 0.1) is 4.47 Å². The molecule has 0 aliphatic rings. The zero-order valence-electron chi connectivity index (χ0n) is 10.2. The van der Waals surface area contributed by atoms with Crippen LogP contribution in [0.15, 0.2) is 45.3 Å². The van der Waals surface area contributed by atoms with E-state index in [9.17, 15) is 4.39 Å². The lowest BCUT2D eigenvalue weighted by atomic mass is 10.1. The van der Waals surface area contributed by atoms with Crippen LogP contribution < -0.4 is 10.5 Å². The van der Waals surface area contributed by atoms with Gasteiger partial charge >= 0.3 is 0 Å². The summed E-state index contributed by atoms with van der Waals surface area (Å²) in [6.07, 6.45) is 0. The van der Waals surface area contributed by atoms with Gasteiger partial charge in [-0.15, -0.1) is 0 Å². The molecule has 0 radical (unpaired) electrons. The van der Waals surface area contributed by atoms with Crippen molar-refractivity contribution in [1.29, 1.82) is 0 Å². The van der Waals surface area contributed by atoms with Crippen LogP contribution in [0.3, 0.4) is 0 Å². The van der Waals surface area contributed by atoms with Crippen molar-refractivity contribution in [3.63, 3.8) is 0 Å². The fraction of sp³-hybridized carbons (Fsp3) is 0.143. The van der Waals surface area contributed by atoms with E-state index in [0.29, 0.717) is 16.0 Å². The Morgan fingerprint density at radius 2 is 1.84 bits per heavy atom. The van der Waals surface area contributed by atoms with Gasteiger partial charge < -0.3 is 10.5 Å². The van der Waals surface area contributed by atoms with E-state index in [4.69, 9.17) is 10.5 Å². The maximum absolute atomic E-state index is 13.0. The first-order valence-electron chi connectivity index (χ1n) is 5.65. The van der Waals surface area contributed by atoms with Crippen molar-refractivity contribution in [3.05, 3.63) is 56.7 Å². The molecular weight excluding hydrogens is 377 g/mol. The van der Waals surface area contributed by atoms with Crippen LogP contribution in [0.25, 0.3) is 0 Å². The van der Waals surface area contributed by atoms with Crippen LogP contribution in [0.1, 0.15) is 18.5 Å². The fourth-order valence-electron chi connectivity index (χ4n) is 1.63. The third-order valence-electron chi connectivity index (χ3n) is 2.58. The van der Waals surface area contributed by atoms with Crippen LogP contribution in [0.4, 0.5) is 4.39 Å². The zero-order chi connectivity index (χ0) is 14.0. The molecule has 2 rings (SSSR count). The molecule has 0 saturated heterocycles. The molecule has 1 atom stereocenters. The summed E-state index contributed by atoms with van der Waals surface area (Å²) in [7, 11) is 0. The summed E-state index contributed by atoms with van der Waals surface area (Å²) in [6.45, 7) is 1.91. The molecule has 0 fully saturated rings. The Balaban J connectivity index is 2.26. The van der Waals surface area contributed by atoms with Crippen LogP contribution in [-0.4, -0.2) is 0 Å². The van der Waals surface area contributed by atoms with E-state index in [0.717, 1.165) is 10.0 Å². The predicted molar refractivity (Wildman–Crippen MR) is 80.9 cm³/mol. The monoisotopic (exact) mass is 387 g/mol. The topological polar surface area (TPSA) is 35.2 Å². The number of halogens is 3. The van der Waals surface area contributed by atoms with Crippen LogP contribution in [0.5, 0.6) is 11.5 Å². The Labute approximate surface area is 128 Å². The van der Waals surface area contributed by atoms with Crippen LogP contribution >= 0.6 is 31.9 Å². The molecule has 100 valence electrons. The van der Waals surface area contributed by atoms with Gasteiger partial charge in [-0.05, 0) is 58.7 Å². The lowest BCUT2D eigenvalue weighted by Gasteiger charge is -2.12. The van der Waals surface area contributed by atoms with E-state index >= 15 is 0 Å². The number of hydrogen-bond acceptors (Lipinski definition) is 2. The van der Waals surface area contributed by atoms with Crippen molar-refractivity contribution in [2.75, 3.05) is 0 Å². The summed E-state index contributed by atoms with van der Waals surface area (Å²) in [4.78, 5) is 0. The maximum atomic E-state index is 13.0. The normalized spacial score (nSPS) is 12.3. The highest BCUT2D eigenvalue weighted by molar-refractivity contribution is 9.10. The van der Waals surface area contributed by atoms with Gasteiger partial charge in [-0.25, -0.2) is 4.39 Å². The van der Waals surface area contributed by atoms with Crippen molar-refractivity contribution in [1.82, 2.24) is 0 Å². The molecule has 0 bridgehead atoms. The lowest BCUT2D eigenvalue weighted by molar-refractivity contribution is 0.476. The molecule has 0 aliphatic carbocycles. The second-order valence-electron chi connectivity index (χ2n) is 4.15. The summed E-state index contributed by atoms with van der Waals surface area (Å²) in [5, 5.41) is 0. The Morgan fingerprint density at radius 3 is 2.42 bits per heavy atom. The zero-order valence-corrected chi connectivity index (χ0v) is 13.3. The van der Waals surface area contributed by atoms with E-state index in [1.54, 1.807) is 6.07 Å². The van der Waals surface area contributed by atoms with E-state index in [-0.39, 0.29) is 11.9 Å². The smallest absolute Gasteiger partial charge is 0.141 e. The summed E-state index contributed by atoms with van der Waals surface area (Å²) in [6, 6.07) is 9.81. The van der Waals surface area contributed by atoms with Crippen LogP contribution in [0, 0.1) is 5.82 Å². The Hall–Kier alpha value is -0.910. The fourth-order valence-corrected chi connectivity index (χ4v) is 2.78. The molecule has 2 nitrogen and oxygen atoms in total. The molecule has 5 heteroatoms. The first-order valence-corrected chi connectivity index (χ1v) is 7.24. The van der Waals surface area contributed by atoms with Crippen molar-refractivity contribution < 1.29 is 9.13 Å².